The molecule has 0 atom stereocenters. The highest BCUT2D eigenvalue weighted by molar-refractivity contribution is 6.06. The molecule has 1 aliphatic heterocycles. The maximum atomic E-state index is 13.4. The molecule has 0 unspecified atom stereocenters. The van der Waals surface area contributed by atoms with E-state index in [4.69, 9.17) is 28.3 Å². The minimum absolute atomic E-state index is 0.281. The first-order valence-electron chi connectivity index (χ1n) is 14.4. The zero-order valence-corrected chi connectivity index (χ0v) is 25.9. The van der Waals surface area contributed by atoms with E-state index in [-0.39, 0.29) is 12.0 Å². The summed E-state index contributed by atoms with van der Waals surface area (Å²) in [4.78, 5) is 34.7. The second-order valence-electron chi connectivity index (χ2n) is 11.4. The topological polar surface area (TPSA) is 116 Å². The number of hydrogen-bond donors (Lipinski definition) is 1. The van der Waals surface area contributed by atoms with Crippen molar-refractivity contribution in [3.05, 3.63) is 65.7 Å². The highest BCUT2D eigenvalue weighted by Crippen LogP contribution is 2.39. The zero-order valence-electron chi connectivity index (χ0n) is 25.9. The van der Waals surface area contributed by atoms with Crippen LogP contribution in [0, 0.1) is 0 Å². The van der Waals surface area contributed by atoms with Crippen LogP contribution in [0.4, 0.5) is 10.5 Å². The lowest BCUT2D eigenvalue weighted by atomic mass is 10.1. The highest BCUT2D eigenvalue weighted by Gasteiger charge is 2.26. The molecule has 1 fully saturated rings. The number of carbonyl (C=O) groups is 2. The number of benzene rings is 3. The van der Waals surface area contributed by atoms with E-state index < -0.39 is 5.60 Å². The number of aromatic nitrogens is 1. The fraction of sp³-hybridized carbons (Fsp3) is 0.364. The van der Waals surface area contributed by atoms with Gasteiger partial charge >= 0.3 is 6.09 Å². The molecule has 11 nitrogen and oxygen atoms in total. The van der Waals surface area contributed by atoms with E-state index in [2.05, 4.69) is 10.2 Å². The van der Waals surface area contributed by atoms with Crippen LogP contribution in [0.2, 0.25) is 0 Å². The van der Waals surface area contributed by atoms with Crippen LogP contribution in [0.25, 0.3) is 22.6 Å². The van der Waals surface area contributed by atoms with Crippen LogP contribution < -0.4 is 19.5 Å². The monoisotopic (exact) mass is 602 g/mol. The van der Waals surface area contributed by atoms with Gasteiger partial charge in [-0.25, -0.2) is 9.78 Å². The Hall–Kier alpha value is -4.77. The van der Waals surface area contributed by atoms with E-state index in [9.17, 15) is 9.59 Å². The Balaban J connectivity index is 1.34. The number of methoxy groups -OCH3 is 3. The molecular formula is C33H38N4O7. The number of nitrogens with one attached hydrogen (secondary N) is 1. The van der Waals surface area contributed by atoms with E-state index in [0.717, 1.165) is 24.2 Å². The van der Waals surface area contributed by atoms with Crippen LogP contribution >= 0.6 is 0 Å². The number of hydrogen-bond acceptors (Lipinski definition) is 9. The fourth-order valence-electron chi connectivity index (χ4n) is 5.09. The third kappa shape index (κ3) is 6.73. The molecule has 1 N–H and O–H groups in total. The van der Waals surface area contributed by atoms with Gasteiger partial charge in [-0.2, -0.15) is 0 Å². The quantitative estimate of drug-likeness (QED) is 0.266. The van der Waals surface area contributed by atoms with Crippen LogP contribution in [-0.4, -0.2) is 79.9 Å². The standard InChI is InChI=1S/C33H38N4O7/c1-33(2,3)44-32(39)37-16-14-36(15-17-37)20-21-10-9-13-25-28(21)35-31(43-25)23-11-7-8-12-24(23)34-30(38)22-18-26(40-4)29(42-6)27(19-22)41-5/h7-13,18-19H,14-17,20H2,1-6H3,(H,34,38). The number of ether oxygens (including phenoxy) is 4. The van der Waals surface area contributed by atoms with Gasteiger partial charge < -0.3 is 33.6 Å². The van der Waals surface area contributed by atoms with Crippen LogP contribution in [-0.2, 0) is 11.3 Å². The lowest BCUT2D eigenvalue weighted by Gasteiger charge is -2.35. The number of anilines is 1. The second-order valence-corrected chi connectivity index (χ2v) is 11.4. The van der Waals surface area contributed by atoms with Gasteiger partial charge in [-0.15, -0.1) is 0 Å². The van der Waals surface area contributed by atoms with Crippen molar-refractivity contribution in [3.63, 3.8) is 0 Å². The molecule has 0 saturated carbocycles. The second kappa shape index (κ2) is 12.8. The van der Waals surface area contributed by atoms with Crippen molar-refractivity contribution in [1.29, 1.82) is 0 Å². The average molecular weight is 603 g/mol. The van der Waals surface area contributed by atoms with Gasteiger partial charge in [-0.3, -0.25) is 9.69 Å². The number of nitrogens with zero attached hydrogens (tertiary/aromatic N) is 3. The summed E-state index contributed by atoms with van der Waals surface area (Å²) in [7, 11) is 4.51. The summed E-state index contributed by atoms with van der Waals surface area (Å²) in [6, 6.07) is 16.4. The molecule has 11 heteroatoms. The number of fused-ring (bicyclic) bond motifs is 1. The molecule has 232 valence electrons. The molecule has 2 amide bonds. The number of carbonyl (C=O) groups excluding carboxylic acids is 2. The van der Waals surface area contributed by atoms with Gasteiger partial charge in [0, 0.05) is 38.3 Å². The van der Waals surface area contributed by atoms with Gasteiger partial charge in [0.25, 0.3) is 5.91 Å². The number of para-hydroxylation sites is 2. The van der Waals surface area contributed by atoms with E-state index in [1.165, 1.54) is 21.3 Å². The molecule has 44 heavy (non-hydrogen) atoms. The molecule has 1 aliphatic rings. The Bertz CT molecular complexity index is 1630. The average Bonchev–Trinajstić information content (AvgIpc) is 3.45. The van der Waals surface area contributed by atoms with Crippen molar-refractivity contribution in [1.82, 2.24) is 14.8 Å². The van der Waals surface area contributed by atoms with Crippen molar-refractivity contribution < 1.29 is 33.0 Å². The van der Waals surface area contributed by atoms with E-state index >= 15 is 0 Å². The predicted octanol–water partition coefficient (Wildman–Crippen LogP) is 5.83. The lowest BCUT2D eigenvalue weighted by Crippen LogP contribution is -2.49. The maximum absolute atomic E-state index is 13.4. The Morgan fingerprint density at radius 3 is 2.23 bits per heavy atom. The molecule has 2 heterocycles. The summed E-state index contributed by atoms with van der Waals surface area (Å²) in [6.07, 6.45) is -0.281. The summed E-state index contributed by atoms with van der Waals surface area (Å²) in [6.45, 7) is 8.89. The van der Waals surface area contributed by atoms with Crippen molar-refractivity contribution in [3.8, 4) is 28.7 Å². The van der Waals surface area contributed by atoms with Crippen LogP contribution in [0.15, 0.2) is 59.0 Å². The summed E-state index contributed by atoms with van der Waals surface area (Å²) in [5.74, 6) is 1.19. The van der Waals surface area contributed by atoms with Gasteiger partial charge in [0.15, 0.2) is 17.1 Å². The molecule has 0 aliphatic carbocycles. The van der Waals surface area contributed by atoms with Crippen molar-refractivity contribution >= 4 is 28.8 Å². The van der Waals surface area contributed by atoms with Crippen molar-refractivity contribution in [2.45, 2.75) is 32.9 Å². The van der Waals surface area contributed by atoms with Crippen LogP contribution in [0.5, 0.6) is 17.2 Å². The molecule has 0 spiro atoms. The third-order valence-corrected chi connectivity index (χ3v) is 7.25. The number of amides is 2. The zero-order chi connectivity index (χ0) is 31.4. The van der Waals surface area contributed by atoms with E-state index in [0.29, 0.717) is 65.2 Å². The van der Waals surface area contributed by atoms with Crippen LogP contribution in [0.3, 0.4) is 0 Å². The highest BCUT2D eigenvalue weighted by atomic mass is 16.6. The molecule has 4 aromatic rings. The maximum Gasteiger partial charge on any atom is 0.410 e. The fourth-order valence-corrected chi connectivity index (χ4v) is 5.09. The molecular weight excluding hydrogens is 564 g/mol. The van der Waals surface area contributed by atoms with Gasteiger partial charge in [0.05, 0.1) is 32.6 Å². The summed E-state index contributed by atoms with van der Waals surface area (Å²) < 4.78 is 27.9. The largest absolute Gasteiger partial charge is 0.493 e. The number of rotatable bonds is 8. The molecule has 1 saturated heterocycles. The Morgan fingerprint density at radius 2 is 1.59 bits per heavy atom. The van der Waals surface area contributed by atoms with E-state index in [1.54, 1.807) is 23.1 Å². The lowest BCUT2D eigenvalue weighted by molar-refractivity contribution is 0.0139. The van der Waals surface area contributed by atoms with Crippen molar-refractivity contribution in [2.75, 3.05) is 52.8 Å². The Morgan fingerprint density at radius 1 is 0.909 bits per heavy atom. The van der Waals surface area contributed by atoms with Gasteiger partial charge in [-0.1, -0.05) is 24.3 Å². The first-order valence-corrected chi connectivity index (χ1v) is 14.4. The van der Waals surface area contributed by atoms with Crippen LogP contribution in [0.1, 0.15) is 36.7 Å². The molecule has 3 aromatic carbocycles. The molecule has 0 bridgehead atoms. The first kappa shape index (κ1) is 30.7. The smallest absolute Gasteiger partial charge is 0.410 e. The molecule has 5 rings (SSSR count). The Labute approximate surface area is 256 Å². The Kier molecular flexibility index (Phi) is 8.96. The molecule has 1 aromatic heterocycles. The van der Waals surface area contributed by atoms with E-state index in [1.807, 2.05) is 57.2 Å². The SMILES string of the molecule is COc1cc(C(=O)Nc2ccccc2-c2nc3c(CN4CCN(C(=O)OC(C)(C)C)CC4)cccc3o2)cc(OC)c1OC. The first-order chi connectivity index (χ1) is 21.1. The summed E-state index contributed by atoms with van der Waals surface area (Å²) >= 11 is 0. The number of oxazole rings is 1. The van der Waals surface area contributed by atoms with Crippen molar-refractivity contribution in [2.24, 2.45) is 0 Å². The van der Waals surface area contributed by atoms with Gasteiger partial charge in [0.2, 0.25) is 11.6 Å². The minimum Gasteiger partial charge on any atom is -0.493 e. The minimum atomic E-state index is -0.521. The summed E-state index contributed by atoms with van der Waals surface area (Å²) in [5, 5.41) is 2.98. The normalized spacial score (nSPS) is 13.9. The van der Waals surface area contributed by atoms with Gasteiger partial charge in [-0.05, 0) is 56.7 Å². The predicted molar refractivity (Wildman–Crippen MR) is 167 cm³/mol. The van der Waals surface area contributed by atoms with Gasteiger partial charge in [0.1, 0.15) is 11.1 Å². The molecule has 0 radical (unpaired) electrons. The number of piperazine rings is 1. The third-order valence-electron chi connectivity index (χ3n) is 7.25. The summed E-state index contributed by atoms with van der Waals surface area (Å²) in [5.41, 5.74) is 3.41.